The zero-order chi connectivity index (χ0) is 20.1. The number of allylic oxidation sites excluding steroid dienone is 2. The van der Waals surface area contributed by atoms with Crippen LogP contribution >= 0.6 is 11.6 Å². The van der Waals surface area contributed by atoms with Crippen molar-refractivity contribution in [2.45, 2.75) is 32.4 Å². The Morgan fingerprint density at radius 1 is 1.22 bits per heavy atom. The average molecular weight is 402 g/mol. The number of hydrogen-bond acceptors (Lipinski definition) is 3. The minimum absolute atomic E-state index is 0.0639. The molecule has 0 aliphatic heterocycles. The van der Waals surface area contributed by atoms with Crippen LogP contribution in [0.4, 0.5) is 13.2 Å². The fourth-order valence-corrected chi connectivity index (χ4v) is 3.25. The summed E-state index contributed by atoms with van der Waals surface area (Å²) in [6.45, 7) is 4.01. The largest absolute Gasteiger partial charge is 0.466 e. The first-order valence-corrected chi connectivity index (χ1v) is 9.19. The smallest absolute Gasteiger partial charge is 0.402 e. The Hall–Kier alpha value is -1.79. The van der Waals surface area contributed by atoms with Gasteiger partial charge in [0, 0.05) is 17.5 Å². The predicted molar refractivity (Wildman–Crippen MR) is 99.8 cm³/mol. The van der Waals surface area contributed by atoms with Crippen molar-refractivity contribution >= 4 is 17.6 Å². The van der Waals surface area contributed by atoms with Crippen LogP contribution in [0.3, 0.4) is 0 Å². The summed E-state index contributed by atoms with van der Waals surface area (Å²) in [5, 5.41) is 3.20. The molecule has 0 amide bonds. The third-order valence-corrected chi connectivity index (χ3v) is 4.63. The van der Waals surface area contributed by atoms with E-state index < -0.39 is 11.6 Å². The quantitative estimate of drug-likeness (QED) is 0.526. The van der Waals surface area contributed by atoms with Gasteiger partial charge in [0.05, 0.1) is 13.0 Å². The topological polar surface area (TPSA) is 38.3 Å². The second-order valence-corrected chi connectivity index (χ2v) is 6.87. The first-order valence-electron chi connectivity index (χ1n) is 8.82. The molecule has 0 saturated carbocycles. The minimum Gasteiger partial charge on any atom is -0.466 e. The molecule has 1 aliphatic carbocycles. The van der Waals surface area contributed by atoms with Crippen LogP contribution in [0.25, 0.3) is 0 Å². The Bertz CT molecular complexity index is 714. The van der Waals surface area contributed by atoms with Crippen molar-refractivity contribution in [3.05, 3.63) is 58.7 Å². The van der Waals surface area contributed by atoms with Gasteiger partial charge < -0.3 is 10.1 Å². The first-order chi connectivity index (χ1) is 12.7. The van der Waals surface area contributed by atoms with Gasteiger partial charge in [-0.15, -0.1) is 0 Å². The maximum atomic E-state index is 13.6. The van der Waals surface area contributed by atoms with Crippen LogP contribution in [-0.4, -0.2) is 31.8 Å². The fraction of sp³-hybridized carbons (Fsp3) is 0.450. The van der Waals surface area contributed by atoms with E-state index >= 15 is 0 Å². The molecule has 1 N–H and O–H groups in total. The molecular formula is C20H23ClF3NO2. The van der Waals surface area contributed by atoms with E-state index in [0.29, 0.717) is 17.1 Å². The van der Waals surface area contributed by atoms with E-state index in [1.165, 1.54) is 24.3 Å². The lowest BCUT2D eigenvalue weighted by Gasteiger charge is -2.33. The summed E-state index contributed by atoms with van der Waals surface area (Å²) in [7, 11) is 0. The van der Waals surface area contributed by atoms with Crippen LogP contribution in [0.15, 0.2) is 42.5 Å². The standard InChI is InChI=1S/C20H23ClF3NO2/c1-3-25-13-19(20(22,23)24)7-5-15(6-8-19)16-9-14(10-17(21)12-16)11-18(26)27-4-2/h5-10,12,15,25H,3-4,11,13H2,1-2H3. The van der Waals surface area contributed by atoms with Crippen LogP contribution in [0.5, 0.6) is 0 Å². The highest BCUT2D eigenvalue weighted by Crippen LogP contribution is 2.44. The highest BCUT2D eigenvalue weighted by Gasteiger charge is 2.51. The Balaban J connectivity index is 2.24. The molecule has 0 heterocycles. The van der Waals surface area contributed by atoms with Gasteiger partial charge in [0.1, 0.15) is 5.41 Å². The summed E-state index contributed by atoms with van der Waals surface area (Å²) in [6, 6.07) is 5.12. The summed E-state index contributed by atoms with van der Waals surface area (Å²) in [6.07, 6.45) is 1.14. The number of hydrogen-bond donors (Lipinski definition) is 1. The van der Waals surface area contributed by atoms with Crippen molar-refractivity contribution in [3.8, 4) is 0 Å². The van der Waals surface area contributed by atoms with Gasteiger partial charge in [-0.2, -0.15) is 13.2 Å². The molecule has 1 aliphatic rings. The molecular weight excluding hydrogens is 379 g/mol. The molecule has 1 aromatic carbocycles. The van der Waals surface area contributed by atoms with Crippen molar-refractivity contribution in [1.29, 1.82) is 0 Å². The summed E-state index contributed by atoms with van der Waals surface area (Å²) in [5.41, 5.74) is -0.627. The van der Waals surface area contributed by atoms with Crippen LogP contribution in [-0.2, 0) is 16.0 Å². The first kappa shape index (κ1) is 21.5. The highest BCUT2D eigenvalue weighted by atomic mass is 35.5. The van der Waals surface area contributed by atoms with Gasteiger partial charge in [-0.05, 0) is 36.7 Å². The molecule has 0 unspecified atom stereocenters. The lowest BCUT2D eigenvalue weighted by molar-refractivity contribution is -0.188. The second-order valence-electron chi connectivity index (χ2n) is 6.44. The van der Waals surface area contributed by atoms with Gasteiger partial charge in [0.25, 0.3) is 0 Å². The van der Waals surface area contributed by atoms with E-state index in [1.54, 1.807) is 32.0 Å². The molecule has 0 atom stereocenters. The van der Waals surface area contributed by atoms with E-state index in [0.717, 1.165) is 5.56 Å². The Morgan fingerprint density at radius 3 is 2.44 bits per heavy atom. The zero-order valence-electron chi connectivity index (χ0n) is 15.3. The molecule has 7 heteroatoms. The van der Waals surface area contributed by atoms with Gasteiger partial charge >= 0.3 is 12.1 Å². The maximum absolute atomic E-state index is 13.6. The van der Waals surface area contributed by atoms with Gasteiger partial charge in [-0.25, -0.2) is 0 Å². The molecule has 148 valence electrons. The SMILES string of the molecule is CCNCC1(C(F)(F)F)C=CC(c2cc(Cl)cc(CC(=O)OCC)c2)C=C1. The number of ether oxygens (including phenoxy) is 1. The van der Waals surface area contributed by atoms with Gasteiger partial charge in [0.15, 0.2) is 0 Å². The van der Waals surface area contributed by atoms with Crippen LogP contribution in [0.1, 0.15) is 30.9 Å². The Kier molecular flexibility index (Phi) is 7.12. The van der Waals surface area contributed by atoms with E-state index in [-0.39, 0.29) is 31.5 Å². The van der Waals surface area contributed by atoms with Gasteiger partial charge in [0.2, 0.25) is 0 Å². The Morgan fingerprint density at radius 2 is 1.89 bits per heavy atom. The molecule has 3 nitrogen and oxygen atoms in total. The van der Waals surface area contributed by atoms with Crippen LogP contribution < -0.4 is 5.32 Å². The summed E-state index contributed by atoms with van der Waals surface area (Å²) in [5.74, 6) is -0.719. The predicted octanol–water partition coefficient (Wildman–Crippen LogP) is 4.81. The Labute approximate surface area is 162 Å². The van der Waals surface area contributed by atoms with E-state index in [2.05, 4.69) is 5.32 Å². The molecule has 0 aromatic heterocycles. The number of nitrogens with one attached hydrogen (secondary N) is 1. The lowest BCUT2D eigenvalue weighted by atomic mass is 9.79. The van der Waals surface area contributed by atoms with Crippen molar-refractivity contribution in [2.24, 2.45) is 5.41 Å². The minimum atomic E-state index is -4.39. The number of benzene rings is 1. The number of alkyl halides is 3. The van der Waals surface area contributed by atoms with E-state index in [9.17, 15) is 18.0 Å². The van der Waals surface area contributed by atoms with Crippen molar-refractivity contribution in [1.82, 2.24) is 5.32 Å². The van der Waals surface area contributed by atoms with E-state index in [1.807, 2.05) is 0 Å². The van der Waals surface area contributed by atoms with Crippen molar-refractivity contribution in [3.63, 3.8) is 0 Å². The number of carbonyl (C=O) groups excluding carboxylic acids is 1. The molecule has 0 bridgehead atoms. The van der Waals surface area contributed by atoms with Crippen molar-refractivity contribution in [2.75, 3.05) is 19.7 Å². The second kappa shape index (κ2) is 8.93. The monoisotopic (exact) mass is 401 g/mol. The summed E-state index contributed by atoms with van der Waals surface area (Å²) >= 11 is 6.14. The number of rotatable bonds is 7. The maximum Gasteiger partial charge on any atom is 0.402 e. The summed E-state index contributed by atoms with van der Waals surface area (Å²) in [4.78, 5) is 11.7. The van der Waals surface area contributed by atoms with Gasteiger partial charge in [-0.1, -0.05) is 48.9 Å². The van der Waals surface area contributed by atoms with Crippen molar-refractivity contribution < 1.29 is 22.7 Å². The molecule has 0 fully saturated rings. The molecule has 27 heavy (non-hydrogen) atoms. The average Bonchev–Trinajstić information content (AvgIpc) is 2.59. The van der Waals surface area contributed by atoms with Crippen LogP contribution in [0, 0.1) is 5.41 Å². The normalized spacial score (nSPS) is 22.1. The molecule has 0 spiro atoms. The molecule has 0 radical (unpaired) electrons. The molecule has 1 aromatic rings. The molecule has 2 rings (SSSR count). The third kappa shape index (κ3) is 5.36. The lowest BCUT2D eigenvalue weighted by Crippen LogP contribution is -2.44. The van der Waals surface area contributed by atoms with Gasteiger partial charge in [-0.3, -0.25) is 4.79 Å². The zero-order valence-corrected chi connectivity index (χ0v) is 16.0. The third-order valence-electron chi connectivity index (χ3n) is 4.42. The molecule has 0 saturated heterocycles. The number of carbonyl (C=O) groups is 1. The highest BCUT2D eigenvalue weighted by molar-refractivity contribution is 6.30. The number of halogens is 4. The summed E-state index contributed by atoms with van der Waals surface area (Å²) < 4.78 is 45.7. The number of esters is 1. The van der Waals surface area contributed by atoms with Crippen LogP contribution in [0.2, 0.25) is 5.02 Å². The fourth-order valence-electron chi connectivity index (χ4n) is 2.98. The van der Waals surface area contributed by atoms with E-state index in [4.69, 9.17) is 16.3 Å².